The number of hydrogen-bond acceptors (Lipinski definition) is 7. The summed E-state index contributed by atoms with van der Waals surface area (Å²) >= 11 is 0. The van der Waals surface area contributed by atoms with Crippen LogP contribution in [0.15, 0.2) is 66.7 Å². The summed E-state index contributed by atoms with van der Waals surface area (Å²) in [4.78, 5) is 25.4. The lowest BCUT2D eigenvalue weighted by molar-refractivity contribution is -0.136. The van der Waals surface area contributed by atoms with Crippen molar-refractivity contribution in [3.05, 3.63) is 77.9 Å². The molecule has 7 nitrogen and oxygen atoms in total. The Morgan fingerprint density at radius 1 is 0.686 bits per heavy atom. The zero-order valence-corrected chi connectivity index (χ0v) is 20.4. The number of esters is 2. The first kappa shape index (κ1) is 25.6. The molecule has 0 radical (unpaired) electrons. The van der Waals surface area contributed by atoms with E-state index < -0.39 is 11.9 Å². The lowest BCUT2D eigenvalue weighted by Gasteiger charge is -2.16. The van der Waals surface area contributed by atoms with E-state index in [0.717, 1.165) is 11.1 Å². The van der Waals surface area contributed by atoms with Gasteiger partial charge in [-0.05, 0) is 53.4 Å². The fraction of sp³-hybridized carbons (Fsp3) is 0.286. The average Bonchev–Trinajstić information content (AvgIpc) is 2.85. The molecule has 0 N–H and O–H groups in total. The number of carbonyl (C=O) groups is 2. The van der Waals surface area contributed by atoms with Crippen LogP contribution in [0.25, 0.3) is 0 Å². The molecule has 184 valence electrons. The van der Waals surface area contributed by atoms with Crippen molar-refractivity contribution < 1.29 is 33.3 Å². The predicted molar refractivity (Wildman–Crippen MR) is 131 cm³/mol. The molecule has 0 aliphatic carbocycles. The van der Waals surface area contributed by atoms with Gasteiger partial charge in [-0.3, -0.25) is 9.59 Å². The molecule has 0 saturated heterocycles. The fourth-order valence-electron chi connectivity index (χ4n) is 3.18. The zero-order chi connectivity index (χ0) is 25.2. The SMILES string of the molecule is COc1ccc(CC(=O)Oc2cccc(OCC(C)C)c2OC(=O)Cc2ccc(OC)cc2)cc1. The van der Waals surface area contributed by atoms with Crippen molar-refractivity contribution in [2.45, 2.75) is 26.7 Å². The number of para-hydroxylation sites is 1. The minimum atomic E-state index is -0.511. The van der Waals surface area contributed by atoms with Crippen molar-refractivity contribution in [3.8, 4) is 28.7 Å². The van der Waals surface area contributed by atoms with Gasteiger partial charge in [0.25, 0.3) is 0 Å². The maximum Gasteiger partial charge on any atom is 0.315 e. The summed E-state index contributed by atoms with van der Waals surface area (Å²) in [6.07, 6.45) is 0.0715. The van der Waals surface area contributed by atoms with E-state index >= 15 is 0 Å². The van der Waals surface area contributed by atoms with Crippen molar-refractivity contribution in [2.24, 2.45) is 5.92 Å². The average molecular weight is 479 g/mol. The summed E-state index contributed by atoms with van der Waals surface area (Å²) in [7, 11) is 3.16. The van der Waals surface area contributed by atoms with Gasteiger partial charge in [0.15, 0.2) is 11.5 Å². The standard InChI is InChI=1S/C28H30O7/c1-19(2)18-33-24-6-5-7-25(34-26(29)16-20-8-12-22(31-3)13-9-20)28(24)35-27(30)17-21-10-14-23(32-4)15-11-21/h5-15,19H,16-18H2,1-4H3. The Balaban J connectivity index is 1.77. The van der Waals surface area contributed by atoms with E-state index in [2.05, 4.69) is 0 Å². The second-order valence-corrected chi connectivity index (χ2v) is 8.29. The van der Waals surface area contributed by atoms with Crippen LogP contribution in [-0.4, -0.2) is 32.8 Å². The Hall–Kier alpha value is -4.00. The van der Waals surface area contributed by atoms with Gasteiger partial charge in [0, 0.05) is 0 Å². The second kappa shape index (κ2) is 12.5. The number of methoxy groups -OCH3 is 2. The molecule has 0 aliphatic rings. The predicted octanol–water partition coefficient (Wildman–Crippen LogP) is 5.03. The van der Waals surface area contributed by atoms with Gasteiger partial charge in [-0.1, -0.05) is 44.2 Å². The molecule has 0 unspecified atom stereocenters. The summed E-state index contributed by atoms with van der Waals surface area (Å²) in [5, 5.41) is 0. The van der Waals surface area contributed by atoms with Crippen LogP contribution in [0.1, 0.15) is 25.0 Å². The molecule has 3 aromatic carbocycles. The van der Waals surface area contributed by atoms with Crippen LogP contribution in [0, 0.1) is 5.92 Å². The molecule has 0 heterocycles. The quantitative estimate of drug-likeness (QED) is 0.282. The lowest BCUT2D eigenvalue weighted by atomic mass is 10.1. The Bertz CT molecular complexity index is 1120. The third kappa shape index (κ3) is 7.78. The van der Waals surface area contributed by atoms with Crippen LogP contribution in [0.2, 0.25) is 0 Å². The molecule has 0 amide bonds. The van der Waals surface area contributed by atoms with Gasteiger partial charge in [0.1, 0.15) is 11.5 Å². The molecule has 0 aliphatic heterocycles. The Labute approximate surface area is 205 Å². The molecule has 0 atom stereocenters. The van der Waals surface area contributed by atoms with Gasteiger partial charge in [-0.2, -0.15) is 0 Å². The summed E-state index contributed by atoms with van der Waals surface area (Å²) < 4.78 is 27.4. The molecule has 3 rings (SSSR count). The Kier molecular flexibility index (Phi) is 9.12. The van der Waals surface area contributed by atoms with Crippen LogP contribution in [0.3, 0.4) is 0 Å². The first-order chi connectivity index (χ1) is 16.9. The van der Waals surface area contributed by atoms with E-state index in [4.69, 9.17) is 23.7 Å². The monoisotopic (exact) mass is 478 g/mol. The van der Waals surface area contributed by atoms with Crippen LogP contribution < -0.4 is 23.7 Å². The van der Waals surface area contributed by atoms with Crippen LogP contribution >= 0.6 is 0 Å². The van der Waals surface area contributed by atoms with E-state index in [1.165, 1.54) is 0 Å². The lowest BCUT2D eigenvalue weighted by Crippen LogP contribution is -2.16. The van der Waals surface area contributed by atoms with Crippen molar-refractivity contribution in [1.29, 1.82) is 0 Å². The fourth-order valence-corrected chi connectivity index (χ4v) is 3.18. The molecule has 0 aromatic heterocycles. The topological polar surface area (TPSA) is 80.3 Å². The zero-order valence-electron chi connectivity index (χ0n) is 20.4. The highest BCUT2D eigenvalue weighted by molar-refractivity contribution is 5.79. The third-order valence-electron chi connectivity index (χ3n) is 4.97. The molecular weight excluding hydrogens is 448 g/mol. The number of carbonyl (C=O) groups excluding carboxylic acids is 2. The highest BCUT2D eigenvalue weighted by Gasteiger charge is 2.20. The second-order valence-electron chi connectivity index (χ2n) is 8.29. The van der Waals surface area contributed by atoms with Crippen molar-refractivity contribution >= 4 is 11.9 Å². The molecule has 3 aromatic rings. The van der Waals surface area contributed by atoms with Crippen LogP contribution in [0.5, 0.6) is 28.7 Å². The minimum Gasteiger partial charge on any atom is -0.497 e. The van der Waals surface area contributed by atoms with E-state index in [1.54, 1.807) is 80.9 Å². The highest BCUT2D eigenvalue weighted by atomic mass is 16.6. The highest BCUT2D eigenvalue weighted by Crippen LogP contribution is 2.38. The van der Waals surface area contributed by atoms with Gasteiger partial charge in [-0.15, -0.1) is 0 Å². The van der Waals surface area contributed by atoms with Gasteiger partial charge in [0.05, 0.1) is 33.7 Å². The number of rotatable bonds is 11. The van der Waals surface area contributed by atoms with E-state index in [9.17, 15) is 9.59 Å². The summed E-state index contributed by atoms with van der Waals surface area (Å²) in [5.74, 6) is 1.16. The van der Waals surface area contributed by atoms with E-state index in [0.29, 0.717) is 23.9 Å². The number of hydrogen-bond donors (Lipinski definition) is 0. The molecule has 7 heteroatoms. The maximum absolute atomic E-state index is 12.8. The summed E-state index contributed by atoms with van der Waals surface area (Å²) in [6, 6.07) is 19.2. The Morgan fingerprint density at radius 3 is 1.66 bits per heavy atom. The van der Waals surface area contributed by atoms with Gasteiger partial charge >= 0.3 is 11.9 Å². The van der Waals surface area contributed by atoms with E-state index in [-0.39, 0.29) is 30.3 Å². The smallest absolute Gasteiger partial charge is 0.315 e. The molecule has 0 fully saturated rings. The first-order valence-electron chi connectivity index (χ1n) is 11.3. The van der Waals surface area contributed by atoms with Crippen LogP contribution in [0.4, 0.5) is 0 Å². The maximum atomic E-state index is 12.8. The Morgan fingerprint density at radius 2 is 1.17 bits per heavy atom. The van der Waals surface area contributed by atoms with Gasteiger partial charge in [0.2, 0.25) is 5.75 Å². The van der Waals surface area contributed by atoms with Gasteiger partial charge < -0.3 is 23.7 Å². The largest absolute Gasteiger partial charge is 0.497 e. The van der Waals surface area contributed by atoms with Crippen LogP contribution in [-0.2, 0) is 22.4 Å². The van der Waals surface area contributed by atoms with Crippen molar-refractivity contribution in [1.82, 2.24) is 0 Å². The summed E-state index contributed by atoms with van der Waals surface area (Å²) in [5.41, 5.74) is 1.52. The number of ether oxygens (including phenoxy) is 5. The minimum absolute atomic E-state index is 0.0295. The third-order valence-corrected chi connectivity index (χ3v) is 4.97. The van der Waals surface area contributed by atoms with E-state index in [1.807, 2.05) is 13.8 Å². The molecule has 0 spiro atoms. The molecule has 35 heavy (non-hydrogen) atoms. The van der Waals surface area contributed by atoms with Crippen molar-refractivity contribution in [2.75, 3.05) is 20.8 Å². The van der Waals surface area contributed by atoms with Crippen molar-refractivity contribution in [3.63, 3.8) is 0 Å². The number of benzene rings is 3. The summed E-state index contributed by atoms with van der Waals surface area (Å²) in [6.45, 7) is 4.43. The normalized spacial score (nSPS) is 10.5. The molecule has 0 bridgehead atoms. The first-order valence-corrected chi connectivity index (χ1v) is 11.3. The molecular formula is C28H30O7. The molecule has 0 saturated carbocycles. The van der Waals surface area contributed by atoms with Gasteiger partial charge in [-0.25, -0.2) is 0 Å².